The lowest BCUT2D eigenvalue weighted by Crippen LogP contribution is -2.45. The molecule has 0 bridgehead atoms. The van der Waals surface area contributed by atoms with Gasteiger partial charge in [0.1, 0.15) is 11.3 Å². The average Bonchev–Trinajstić information content (AvgIpc) is 2.53. The van der Waals surface area contributed by atoms with Crippen LogP contribution in [0.25, 0.3) is 11.0 Å². The third kappa shape index (κ3) is 2.67. The number of anilines is 1. The van der Waals surface area contributed by atoms with Crippen molar-refractivity contribution in [3.05, 3.63) is 48.8 Å². The average molecular weight is 334 g/mol. The fourth-order valence-electron chi connectivity index (χ4n) is 2.79. The molecule has 2 heterocycles. The monoisotopic (exact) mass is 334 g/mol. The Kier molecular flexibility index (Phi) is 3.89. The summed E-state index contributed by atoms with van der Waals surface area (Å²) in [7, 11) is 1.92. The molecule has 1 fully saturated rings. The van der Waals surface area contributed by atoms with Crippen molar-refractivity contribution in [3.8, 4) is 0 Å². The summed E-state index contributed by atoms with van der Waals surface area (Å²) >= 11 is 0. The summed E-state index contributed by atoms with van der Waals surface area (Å²) < 4.78 is 4.98. The smallest absolute Gasteiger partial charge is 0.417 e. The lowest BCUT2D eigenvalue weighted by molar-refractivity contribution is -0.386. The second-order valence-electron chi connectivity index (χ2n) is 5.57. The van der Waals surface area contributed by atoms with E-state index in [1.54, 1.807) is 4.90 Å². The van der Waals surface area contributed by atoms with Crippen molar-refractivity contribution in [1.29, 1.82) is 0 Å². The zero-order chi connectivity index (χ0) is 17.4. The van der Waals surface area contributed by atoms with E-state index in [-0.39, 0.29) is 22.3 Å². The molecular formula is C14H14N4O6. The van der Waals surface area contributed by atoms with Crippen molar-refractivity contribution in [3.63, 3.8) is 0 Å². The van der Waals surface area contributed by atoms with E-state index < -0.39 is 21.2 Å². The van der Waals surface area contributed by atoms with Crippen LogP contribution in [0.5, 0.6) is 0 Å². The van der Waals surface area contributed by atoms with Crippen LogP contribution >= 0.6 is 0 Å². The van der Waals surface area contributed by atoms with Crippen LogP contribution in [0.3, 0.4) is 0 Å². The van der Waals surface area contributed by atoms with Gasteiger partial charge in [0.2, 0.25) is 0 Å². The zero-order valence-corrected chi connectivity index (χ0v) is 12.8. The first-order valence-electron chi connectivity index (χ1n) is 7.21. The number of non-ortho nitro benzene ring substituents is 1. The number of rotatable bonds is 3. The summed E-state index contributed by atoms with van der Waals surface area (Å²) in [5, 5.41) is 22.6. The first-order valence-corrected chi connectivity index (χ1v) is 7.21. The molecule has 0 radical (unpaired) electrons. The number of hydrogen-bond acceptors (Lipinski definition) is 8. The molecule has 0 saturated carbocycles. The summed E-state index contributed by atoms with van der Waals surface area (Å²) in [5.74, 6) is 0. The van der Waals surface area contributed by atoms with E-state index in [1.807, 2.05) is 7.05 Å². The van der Waals surface area contributed by atoms with Crippen molar-refractivity contribution in [1.82, 2.24) is 4.90 Å². The molecule has 0 N–H and O–H groups in total. The van der Waals surface area contributed by atoms with Gasteiger partial charge in [-0.05, 0) is 13.1 Å². The van der Waals surface area contributed by atoms with Crippen molar-refractivity contribution >= 4 is 28.0 Å². The van der Waals surface area contributed by atoms with E-state index in [1.165, 1.54) is 18.2 Å². The molecule has 0 aliphatic carbocycles. The first kappa shape index (κ1) is 15.9. The number of fused-ring (bicyclic) bond motifs is 1. The molecule has 0 spiro atoms. The van der Waals surface area contributed by atoms with Crippen LogP contribution in [-0.4, -0.2) is 48.0 Å². The number of nitro groups is 2. The Hall–Kier alpha value is -3.01. The Labute approximate surface area is 135 Å². The topological polar surface area (TPSA) is 123 Å². The molecule has 1 aliphatic rings. The fraction of sp³-hybridized carbons (Fsp3) is 0.357. The number of nitro benzene ring substituents is 1. The van der Waals surface area contributed by atoms with Crippen molar-refractivity contribution in [2.45, 2.75) is 0 Å². The molecular weight excluding hydrogens is 320 g/mol. The molecule has 0 atom stereocenters. The number of hydrogen-bond donors (Lipinski definition) is 0. The van der Waals surface area contributed by atoms with Crippen molar-refractivity contribution in [2.75, 3.05) is 38.1 Å². The Morgan fingerprint density at radius 3 is 2.33 bits per heavy atom. The van der Waals surface area contributed by atoms with Crippen LogP contribution in [0.1, 0.15) is 0 Å². The standard InChI is InChI=1S/C14H14N4O6/c1-15-4-6-16(7-5-15)12-10-8-9(17(20)21)2-3-11(10)24-14(19)13(12)18(22)23/h2-3,8H,4-7H2,1H3. The molecule has 24 heavy (non-hydrogen) atoms. The van der Waals surface area contributed by atoms with Gasteiger partial charge in [0.25, 0.3) is 5.69 Å². The highest BCUT2D eigenvalue weighted by atomic mass is 16.6. The summed E-state index contributed by atoms with van der Waals surface area (Å²) in [6, 6.07) is 3.70. The van der Waals surface area contributed by atoms with E-state index in [9.17, 15) is 25.0 Å². The van der Waals surface area contributed by atoms with Crippen LogP contribution < -0.4 is 10.5 Å². The van der Waals surface area contributed by atoms with E-state index in [0.717, 1.165) is 0 Å². The van der Waals surface area contributed by atoms with Crippen LogP contribution in [0.15, 0.2) is 27.4 Å². The van der Waals surface area contributed by atoms with Gasteiger partial charge in [-0.1, -0.05) is 0 Å². The Bertz CT molecular complexity index is 885. The quantitative estimate of drug-likeness (QED) is 0.468. The lowest BCUT2D eigenvalue weighted by Gasteiger charge is -2.33. The predicted octanol–water partition coefficient (Wildman–Crippen LogP) is 1.36. The molecule has 0 amide bonds. The zero-order valence-electron chi connectivity index (χ0n) is 12.8. The third-order valence-electron chi connectivity index (χ3n) is 4.05. The maximum absolute atomic E-state index is 12.0. The molecule has 10 nitrogen and oxygen atoms in total. The van der Waals surface area contributed by atoms with Crippen molar-refractivity contribution in [2.24, 2.45) is 0 Å². The highest BCUT2D eigenvalue weighted by Gasteiger charge is 2.31. The predicted molar refractivity (Wildman–Crippen MR) is 85.5 cm³/mol. The number of likely N-dealkylation sites (N-methyl/N-ethyl adjacent to an activating group) is 1. The minimum Gasteiger partial charge on any atom is -0.418 e. The largest absolute Gasteiger partial charge is 0.418 e. The maximum atomic E-state index is 12.0. The van der Waals surface area contributed by atoms with E-state index in [0.29, 0.717) is 26.2 Å². The van der Waals surface area contributed by atoms with Gasteiger partial charge in [0.05, 0.1) is 15.2 Å². The van der Waals surface area contributed by atoms with Gasteiger partial charge < -0.3 is 14.2 Å². The third-order valence-corrected chi connectivity index (χ3v) is 4.05. The van der Waals surface area contributed by atoms with Crippen LogP contribution in [-0.2, 0) is 0 Å². The molecule has 2 aromatic rings. The Balaban J connectivity index is 2.30. The molecule has 10 heteroatoms. The second kappa shape index (κ2) is 5.89. The van der Waals surface area contributed by atoms with Gasteiger partial charge in [-0.3, -0.25) is 20.2 Å². The maximum Gasteiger partial charge on any atom is 0.417 e. The number of nitrogens with zero attached hydrogens (tertiary/aromatic N) is 4. The van der Waals surface area contributed by atoms with Crippen LogP contribution in [0, 0.1) is 20.2 Å². The van der Waals surface area contributed by atoms with Gasteiger partial charge in [-0.15, -0.1) is 0 Å². The molecule has 1 saturated heterocycles. The summed E-state index contributed by atoms with van der Waals surface area (Å²) in [6.07, 6.45) is 0. The summed E-state index contributed by atoms with van der Waals surface area (Å²) in [6.45, 7) is 2.26. The highest BCUT2D eigenvalue weighted by molar-refractivity contribution is 5.96. The highest BCUT2D eigenvalue weighted by Crippen LogP contribution is 2.35. The molecule has 126 valence electrons. The molecule has 1 aliphatic heterocycles. The Morgan fingerprint density at radius 1 is 1.08 bits per heavy atom. The van der Waals surface area contributed by atoms with Gasteiger partial charge in [-0.2, -0.15) is 0 Å². The van der Waals surface area contributed by atoms with Crippen LogP contribution in [0.2, 0.25) is 0 Å². The minimum atomic E-state index is -1.06. The van der Waals surface area contributed by atoms with Crippen molar-refractivity contribution < 1.29 is 14.3 Å². The van der Waals surface area contributed by atoms with E-state index >= 15 is 0 Å². The Morgan fingerprint density at radius 2 is 1.75 bits per heavy atom. The van der Waals surface area contributed by atoms with Crippen LogP contribution in [0.4, 0.5) is 17.1 Å². The molecule has 1 aromatic carbocycles. The second-order valence-corrected chi connectivity index (χ2v) is 5.57. The van der Waals surface area contributed by atoms with Gasteiger partial charge in [0, 0.05) is 38.3 Å². The number of benzene rings is 1. The lowest BCUT2D eigenvalue weighted by atomic mass is 10.1. The summed E-state index contributed by atoms with van der Waals surface area (Å²) in [5.41, 5.74) is -1.79. The summed E-state index contributed by atoms with van der Waals surface area (Å²) in [4.78, 5) is 36.8. The molecule has 0 unspecified atom stereocenters. The molecule has 1 aromatic heterocycles. The fourth-order valence-corrected chi connectivity index (χ4v) is 2.79. The van der Waals surface area contributed by atoms with Gasteiger partial charge in [-0.25, -0.2) is 4.79 Å². The van der Waals surface area contributed by atoms with Gasteiger partial charge in [0.15, 0.2) is 0 Å². The SMILES string of the molecule is CN1CCN(c2c([N+](=O)[O-])c(=O)oc3ccc([N+](=O)[O-])cc23)CC1. The van der Waals surface area contributed by atoms with E-state index in [4.69, 9.17) is 4.42 Å². The minimum absolute atomic E-state index is 0.0862. The molecule has 3 rings (SSSR count). The first-order chi connectivity index (χ1) is 11.4. The normalized spacial score (nSPS) is 15.6. The van der Waals surface area contributed by atoms with Gasteiger partial charge >= 0.3 is 11.3 Å². The van der Waals surface area contributed by atoms with E-state index in [2.05, 4.69) is 4.90 Å². The number of piperazine rings is 1.